The number of amides is 2. The molecule has 76 valence electrons. The zero-order chi connectivity index (χ0) is 10.6. The van der Waals surface area contributed by atoms with E-state index in [1.807, 2.05) is 19.9 Å². The van der Waals surface area contributed by atoms with Gasteiger partial charge in [-0.15, -0.1) is 0 Å². The monoisotopic (exact) mass is 194 g/mol. The van der Waals surface area contributed by atoms with E-state index in [0.717, 1.165) is 5.56 Å². The summed E-state index contributed by atoms with van der Waals surface area (Å²) in [4.78, 5) is 11.2. The van der Waals surface area contributed by atoms with E-state index in [1.165, 1.54) is 6.07 Å². The van der Waals surface area contributed by atoms with E-state index in [2.05, 4.69) is 10.6 Å². The van der Waals surface area contributed by atoms with Gasteiger partial charge in [-0.3, -0.25) is 0 Å². The minimum absolute atomic E-state index is 0.0799. The van der Waals surface area contributed by atoms with Gasteiger partial charge in [-0.25, -0.2) is 4.79 Å². The van der Waals surface area contributed by atoms with Crippen molar-refractivity contribution < 1.29 is 9.90 Å². The number of phenolic OH excluding ortho intramolecular Hbond substituents is 1. The van der Waals surface area contributed by atoms with Crippen LogP contribution in [0.25, 0.3) is 0 Å². The Balaban J connectivity index is 2.80. The van der Waals surface area contributed by atoms with Crippen molar-refractivity contribution in [2.75, 3.05) is 11.9 Å². The SMILES string of the molecule is CCNC(=O)Nc1c(C)cccc1O. The van der Waals surface area contributed by atoms with Crippen LogP contribution in [0.1, 0.15) is 12.5 Å². The minimum atomic E-state index is -0.308. The molecular formula is C10H14N2O2. The molecule has 0 saturated heterocycles. The highest BCUT2D eigenvalue weighted by Gasteiger charge is 2.06. The quantitative estimate of drug-likeness (QED) is 0.629. The lowest BCUT2D eigenvalue weighted by Gasteiger charge is -2.10. The number of hydrogen-bond donors (Lipinski definition) is 3. The number of hydrogen-bond acceptors (Lipinski definition) is 2. The normalized spacial score (nSPS) is 9.57. The third-order valence-electron chi connectivity index (χ3n) is 1.83. The smallest absolute Gasteiger partial charge is 0.319 e. The van der Waals surface area contributed by atoms with Crippen LogP contribution < -0.4 is 10.6 Å². The highest BCUT2D eigenvalue weighted by molar-refractivity contribution is 5.91. The van der Waals surface area contributed by atoms with Crippen molar-refractivity contribution in [1.29, 1.82) is 0 Å². The number of aromatic hydroxyl groups is 1. The third-order valence-corrected chi connectivity index (χ3v) is 1.83. The second-order valence-corrected chi connectivity index (χ2v) is 2.95. The Kier molecular flexibility index (Phi) is 3.34. The van der Waals surface area contributed by atoms with Crippen molar-refractivity contribution in [3.8, 4) is 5.75 Å². The van der Waals surface area contributed by atoms with Crippen LogP contribution in [0.3, 0.4) is 0 Å². The average Bonchev–Trinajstić information content (AvgIpc) is 2.12. The Morgan fingerprint density at radius 2 is 2.21 bits per heavy atom. The summed E-state index contributed by atoms with van der Waals surface area (Å²) >= 11 is 0. The maximum atomic E-state index is 11.2. The topological polar surface area (TPSA) is 61.4 Å². The van der Waals surface area contributed by atoms with E-state index in [0.29, 0.717) is 12.2 Å². The van der Waals surface area contributed by atoms with Gasteiger partial charge in [0.25, 0.3) is 0 Å². The first-order valence-electron chi connectivity index (χ1n) is 4.48. The van der Waals surface area contributed by atoms with Crippen molar-refractivity contribution >= 4 is 11.7 Å². The number of nitrogens with one attached hydrogen (secondary N) is 2. The van der Waals surface area contributed by atoms with Crippen LogP contribution >= 0.6 is 0 Å². The second kappa shape index (κ2) is 4.50. The zero-order valence-electron chi connectivity index (χ0n) is 8.29. The summed E-state index contributed by atoms with van der Waals surface area (Å²) in [5, 5.41) is 14.6. The number of para-hydroxylation sites is 1. The van der Waals surface area contributed by atoms with E-state index in [9.17, 15) is 9.90 Å². The number of rotatable bonds is 2. The molecule has 14 heavy (non-hydrogen) atoms. The van der Waals surface area contributed by atoms with Crippen molar-refractivity contribution in [2.45, 2.75) is 13.8 Å². The summed E-state index contributed by atoms with van der Waals surface area (Å²) in [6.07, 6.45) is 0. The van der Waals surface area contributed by atoms with Crippen LogP contribution in [0.15, 0.2) is 18.2 Å². The first-order valence-corrected chi connectivity index (χ1v) is 4.48. The lowest BCUT2D eigenvalue weighted by Crippen LogP contribution is -2.28. The third kappa shape index (κ3) is 2.39. The van der Waals surface area contributed by atoms with E-state index in [1.54, 1.807) is 6.07 Å². The fourth-order valence-corrected chi connectivity index (χ4v) is 1.13. The average molecular weight is 194 g/mol. The fraction of sp³-hybridized carbons (Fsp3) is 0.300. The molecule has 0 spiro atoms. The standard InChI is InChI=1S/C10H14N2O2/c1-3-11-10(14)12-9-7(2)5-4-6-8(9)13/h4-6,13H,3H2,1-2H3,(H2,11,12,14). The first kappa shape index (κ1) is 10.4. The molecule has 0 atom stereocenters. The Bertz CT molecular complexity index is 317. The lowest BCUT2D eigenvalue weighted by atomic mass is 10.2. The van der Waals surface area contributed by atoms with Gasteiger partial charge in [0.15, 0.2) is 0 Å². The number of anilines is 1. The molecule has 0 aliphatic rings. The number of carbonyl (C=O) groups excluding carboxylic acids is 1. The van der Waals surface area contributed by atoms with Crippen molar-refractivity contribution in [3.63, 3.8) is 0 Å². The van der Waals surface area contributed by atoms with Crippen molar-refractivity contribution in [2.24, 2.45) is 0 Å². The predicted molar refractivity (Wildman–Crippen MR) is 55.5 cm³/mol. The number of benzene rings is 1. The summed E-state index contributed by atoms with van der Waals surface area (Å²) < 4.78 is 0. The number of carbonyl (C=O) groups is 1. The van der Waals surface area contributed by atoms with Crippen LogP contribution in [-0.4, -0.2) is 17.7 Å². The lowest BCUT2D eigenvalue weighted by molar-refractivity contribution is 0.252. The van der Waals surface area contributed by atoms with Gasteiger partial charge in [-0.05, 0) is 25.5 Å². The van der Waals surface area contributed by atoms with E-state index in [-0.39, 0.29) is 11.8 Å². The molecule has 0 heterocycles. The van der Waals surface area contributed by atoms with Crippen LogP contribution in [0.4, 0.5) is 10.5 Å². The summed E-state index contributed by atoms with van der Waals surface area (Å²) in [6.45, 7) is 4.21. The molecule has 1 rings (SSSR count). The van der Waals surface area contributed by atoms with Crippen LogP contribution in [0, 0.1) is 6.92 Å². The highest BCUT2D eigenvalue weighted by Crippen LogP contribution is 2.25. The predicted octanol–water partition coefficient (Wildman–Crippen LogP) is 1.84. The van der Waals surface area contributed by atoms with Gasteiger partial charge >= 0.3 is 6.03 Å². The largest absolute Gasteiger partial charge is 0.506 e. The Morgan fingerprint density at radius 1 is 1.50 bits per heavy atom. The molecule has 0 aromatic heterocycles. The van der Waals surface area contributed by atoms with Crippen molar-refractivity contribution in [3.05, 3.63) is 23.8 Å². The van der Waals surface area contributed by atoms with Gasteiger partial charge in [0, 0.05) is 6.54 Å². The Morgan fingerprint density at radius 3 is 2.79 bits per heavy atom. The van der Waals surface area contributed by atoms with Gasteiger partial charge in [-0.1, -0.05) is 12.1 Å². The first-order chi connectivity index (χ1) is 6.65. The molecular weight excluding hydrogens is 180 g/mol. The summed E-state index contributed by atoms with van der Waals surface area (Å²) in [5.74, 6) is 0.0799. The number of urea groups is 1. The molecule has 0 aliphatic heterocycles. The van der Waals surface area contributed by atoms with Crippen LogP contribution in [0.5, 0.6) is 5.75 Å². The summed E-state index contributed by atoms with van der Waals surface area (Å²) in [5.41, 5.74) is 1.29. The molecule has 0 aliphatic carbocycles. The molecule has 4 nitrogen and oxygen atoms in total. The molecule has 1 aromatic carbocycles. The van der Waals surface area contributed by atoms with E-state index >= 15 is 0 Å². The number of phenols is 1. The summed E-state index contributed by atoms with van der Waals surface area (Å²) in [7, 11) is 0. The minimum Gasteiger partial charge on any atom is -0.506 e. The van der Waals surface area contributed by atoms with Crippen molar-refractivity contribution in [1.82, 2.24) is 5.32 Å². The van der Waals surface area contributed by atoms with E-state index in [4.69, 9.17) is 0 Å². The van der Waals surface area contributed by atoms with Crippen LogP contribution in [0.2, 0.25) is 0 Å². The highest BCUT2D eigenvalue weighted by atomic mass is 16.3. The van der Waals surface area contributed by atoms with E-state index < -0.39 is 0 Å². The molecule has 3 N–H and O–H groups in total. The molecule has 0 radical (unpaired) electrons. The van der Waals surface area contributed by atoms with Gasteiger partial charge in [-0.2, -0.15) is 0 Å². The van der Waals surface area contributed by atoms with Gasteiger partial charge in [0.1, 0.15) is 5.75 Å². The fourth-order valence-electron chi connectivity index (χ4n) is 1.13. The molecule has 0 unspecified atom stereocenters. The zero-order valence-corrected chi connectivity index (χ0v) is 8.29. The Hall–Kier alpha value is -1.71. The molecule has 2 amide bonds. The molecule has 0 fully saturated rings. The second-order valence-electron chi connectivity index (χ2n) is 2.95. The molecule has 4 heteroatoms. The molecule has 0 bridgehead atoms. The maximum absolute atomic E-state index is 11.2. The molecule has 0 saturated carbocycles. The van der Waals surface area contributed by atoms with Gasteiger partial charge < -0.3 is 15.7 Å². The Labute approximate surface area is 82.9 Å². The number of aryl methyl sites for hydroxylation is 1. The molecule has 1 aromatic rings. The summed E-state index contributed by atoms with van der Waals surface area (Å²) in [6, 6.07) is 4.78. The maximum Gasteiger partial charge on any atom is 0.319 e. The van der Waals surface area contributed by atoms with Gasteiger partial charge in [0.05, 0.1) is 5.69 Å². The van der Waals surface area contributed by atoms with Gasteiger partial charge in [0.2, 0.25) is 0 Å². The van der Waals surface area contributed by atoms with Crippen LogP contribution in [-0.2, 0) is 0 Å².